The summed E-state index contributed by atoms with van der Waals surface area (Å²) in [7, 11) is 0. The molecule has 0 atom stereocenters. The van der Waals surface area contributed by atoms with Gasteiger partial charge in [0.25, 0.3) is 0 Å². The van der Waals surface area contributed by atoms with Crippen LogP contribution in [0.15, 0.2) is 12.4 Å². The fourth-order valence-corrected chi connectivity index (χ4v) is 1.87. The number of hydrogen-bond acceptors (Lipinski definition) is 2. The minimum atomic E-state index is 1.06. The smallest absolute Gasteiger partial charge is 0.0141 e. The van der Waals surface area contributed by atoms with E-state index in [1.807, 2.05) is 6.20 Å². The topological polar surface area (TPSA) is 38.0 Å². The van der Waals surface area contributed by atoms with E-state index >= 15 is 0 Å². The molecule has 0 fully saturated rings. The average molecular weight is 226 g/mol. The molecular formula is C14H30N2. The van der Waals surface area contributed by atoms with Crippen LogP contribution in [0.4, 0.5) is 0 Å². The first kappa shape index (κ1) is 15.3. The second-order valence-corrected chi connectivity index (χ2v) is 4.50. The van der Waals surface area contributed by atoms with E-state index in [2.05, 4.69) is 12.2 Å². The lowest BCUT2D eigenvalue weighted by molar-refractivity contribution is 0.553. The van der Waals surface area contributed by atoms with E-state index < -0.39 is 0 Å². The molecule has 2 heteroatoms. The van der Waals surface area contributed by atoms with Crippen molar-refractivity contribution in [1.29, 1.82) is 0 Å². The van der Waals surface area contributed by atoms with Crippen LogP contribution in [0.3, 0.4) is 0 Å². The Morgan fingerprint density at radius 1 is 0.812 bits per heavy atom. The Hall–Kier alpha value is -0.660. The number of hydrogen-bond donors (Lipinski definition) is 2. The quantitative estimate of drug-likeness (QED) is 0.495. The highest BCUT2D eigenvalue weighted by molar-refractivity contribution is 4.71. The van der Waals surface area contributed by atoms with Gasteiger partial charge in [0, 0.05) is 18.9 Å². The fraction of sp³-hybridized carbons (Fsp3) is 0.857. The van der Waals surface area contributed by atoms with E-state index in [0.29, 0.717) is 0 Å². The molecule has 0 aliphatic carbocycles. The molecule has 0 unspecified atom stereocenters. The SMILES string of the molecule is CCCCCCCCCCCCNC=CN. The summed E-state index contributed by atoms with van der Waals surface area (Å²) >= 11 is 0. The van der Waals surface area contributed by atoms with Crippen molar-refractivity contribution in [3.8, 4) is 0 Å². The van der Waals surface area contributed by atoms with Crippen LogP contribution in [0, 0.1) is 0 Å². The Balaban J connectivity index is 2.88. The summed E-state index contributed by atoms with van der Waals surface area (Å²) in [5.41, 5.74) is 5.22. The minimum absolute atomic E-state index is 1.06. The number of unbranched alkanes of at least 4 members (excludes halogenated alkanes) is 9. The fourth-order valence-electron chi connectivity index (χ4n) is 1.87. The van der Waals surface area contributed by atoms with Crippen LogP contribution < -0.4 is 11.1 Å². The molecule has 0 saturated carbocycles. The summed E-state index contributed by atoms with van der Waals surface area (Å²) in [6.07, 6.45) is 17.3. The molecule has 0 amide bonds. The van der Waals surface area contributed by atoms with Crippen LogP contribution in [-0.4, -0.2) is 6.54 Å². The molecule has 0 heterocycles. The number of nitrogens with one attached hydrogen (secondary N) is 1. The lowest BCUT2D eigenvalue weighted by Crippen LogP contribution is -2.07. The minimum Gasteiger partial charge on any atom is -0.403 e. The van der Waals surface area contributed by atoms with Gasteiger partial charge in [-0.25, -0.2) is 0 Å². The molecule has 0 aromatic carbocycles. The summed E-state index contributed by atoms with van der Waals surface area (Å²) in [5, 5.41) is 3.15. The van der Waals surface area contributed by atoms with Crippen LogP contribution in [0.25, 0.3) is 0 Å². The predicted molar refractivity (Wildman–Crippen MR) is 73.2 cm³/mol. The zero-order valence-corrected chi connectivity index (χ0v) is 11.0. The highest BCUT2D eigenvalue weighted by Gasteiger charge is 1.91. The second kappa shape index (κ2) is 14.3. The van der Waals surface area contributed by atoms with Crippen molar-refractivity contribution in [2.75, 3.05) is 6.54 Å². The molecule has 0 saturated heterocycles. The Kier molecular flexibility index (Phi) is 13.7. The summed E-state index contributed by atoms with van der Waals surface area (Å²) < 4.78 is 0. The summed E-state index contributed by atoms with van der Waals surface area (Å²) in [6.45, 7) is 3.33. The standard InChI is InChI=1S/C14H30N2/c1-2-3-4-5-6-7-8-9-10-11-13-16-14-12-15/h12,14,16H,2-11,13,15H2,1H3. The van der Waals surface area contributed by atoms with Crippen molar-refractivity contribution in [3.05, 3.63) is 12.4 Å². The molecule has 0 bridgehead atoms. The predicted octanol–water partition coefficient (Wildman–Crippen LogP) is 3.93. The van der Waals surface area contributed by atoms with Crippen molar-refractivity contribution in [1.82, 2.24) is 5.32 Å². The highest BCUT2D eigenvalue weighted by Crippen LogP contribution is 2.10. The third-order valence-electron chi connectivity index (χ3n) is 2.89. The van der Waals surface area contributed by atoms with Crippen LogP contribution in [-0.2, 0) is 0 Å². The largest absolute Gasteiger partial charge is 0.403 e. The maximum absolute atomic E-state index is 5.22. The molecular weight excluding hydrogens is 196 g/mol. The van der Waals surface area contributed by atoms with Gasteiger partial charge in [-0.15, -0.1) is 0 Å². The van der Waals surface area contributed by atoms with E-state index in [9.17, 15) is 0 Å². The van der Waals surface area contributed by atoms with Gasteiger partial charge in [-0.05, 0) is 6.42 Å². The Morgan fingerprint density at radius 3 is 1.81 bits per heavy atom. The molecule has 0 aromatic heterocycles. The molecule has 0 spiro atoms. The summed E-state index contributed by atoms with van der Waals surface area (Å²) in [5.74, 6) is 0. The van der Waals surface area contributed by atoms with E-state index in [-0.39, 0.29) is 0 Å². The Bertz CT molecular complexity index is 144. The van der Waals surface area contributed by atoms with Crippen LogP contribution in [0.5, 0.6) is 0 Å². The zero-order valence-electron chi connectivity index (χ0n) is 11.0. The van der Waals surface area contributed by atoms with E-state index in [0.717, 1.165) is 6.54 Å². The van der Waals surface area contributed by atoms with Gasteiger partial charge in [-0.3, -0.25) is 0 Å². The van der Waals surface area contributed by atoms with Crippen molar-refractivity contribution in [2.45, 2.75) is 71.1 Å². The zero-order chi connectivity index (χ0) is 11.9. The molecule has 3 N–H and O–H groups in total. The summed E-state index contributed by atoms with van der Waals surface area (Å²) in [6, 6.07) is 0. The van der Waals surface area contributed by atoms with Gasteiger partial charge in [0.1, 0.15) is 0 Å². The van der Waals surface area contributed by atoms with Crippen LogP contribution >= 0.6 is 0 Å². The molecule has 16 heavy (non-hydrogen) atoms. The maximum Gasteiger partial charge on any atom is 0.0141 e. The van der Waals surface area contributed by atoms with Crippen molar-refractivity contribution < 1.29 is 0 Å². The Labute approximate surface area is 102 Å². The van der Waals surface area contributed by atoms with E-state index in [1.54, 1.807) is 6.20 Å². The molecule has 0 aliphatic rings. The first-order valence-electron chi connectivity index (χ1n) is 7.02. The molecule has 0 aromatic rings. The number of rotatable bonds is 12. The van der Waals surface area contributed by atoms with Gasteiger partial charge in [-0.1, -0.05) is 64.7 Å². The number of nitrogens with two attached hydrogens (primary N) is 1. The first-order chi connectivity index (χ1) is 7.91. The monoisotopic (exact) mass is 226 g/mol. The van der Waals surface area contributed by atoms with Crippen molar-refractivity contribution in [3.63, 3.8) is 0 Å². The second-order valence-electron chi connectivity index (χ2n) is 4.50. The van der Waals surface area contributed by atoms with Crippen LogP contribution in [0.2, 0.25) is 0 Å². The molecule has 2 nitrogen and oxygen atoms in total. The molecule has 0 rings (SSSR count). The third kappa shape index (κ3) is 13.3. The van der Waals surface area contributed by atoms with Gasteiger partial charge in [0.2, 0.25) is 0 Å². The normalized spacial score (nSPS) is 11.1. The van der Waals surface area contributed by atoms with E-state index in [4.69, 9.17) is 5.73 Å². The van der Waals surface area contributed by atoms with Gasteiger partial charge >= 0.3 is 0 Å². The molecule has 96 valence electrons. The van der Waals surface area contributed by atoms with E-state index in [1.165, 1.54) is 64.2 Å². The highest BCUT2D eigenvalue weighted by atomic mass is 14.8. The summed E-state index contributed by atoms with van der Waals surface area (Å²) in [4.78, 5) is 0. The molecule has 0 aliphatic heterocycles. The van der Waals surface area contributed by atoms with Gasteiger partial charge < -0.3 is 11.1 Å². The van der Waals surface area contributed by atoms with Crippen molar-refractivity contribution in [2.24, 2.45) is 5.73 Å². The van der Waals surface area contributed by atoms with Gasteiger partial charge in [0.05, 0.1) is 0 Å². The average Bonchev–Trinajstić information content (AvgIpc) is 2.31. The maximum atomic E-state index is 5.22. The third-order valence-corrected chi connectivity index (χ3v) is 2.89. The van der Waals surface area contributed by atoms with Gasteiger partial charge in [-0.2, -0.15) is 0 Å². The lowest BCUT2D eigenvalue weighted by Gasteiger charge is -2.02. The first-order valence-corrected chi connectivity index (χ1v) is 7.02. The van der Waals surface area contributed by atoms with Crippen LogP contribution in [0.1, 0.15) is 71.1 Å². The van der Waals surface area contributed by atoms with Crippen molar-refractivity contribution >= 4 is 0 Å². The van der Waals surface area contributed by atoms with Gasteiger partial charge in [0.15, 0.2) is 0 Å². The lowest BCUT2D eigenvalue weighted by atomic mass is 10.1. The Morgan fingerprint density at radius 2 is 1.31 bits per heavy atom. The molecule has 0 radical (unpaired) electrons.